The maximum atomic E-state index is 6.01. The van der Waals surface area contributed by atoms with E-state index in [1.807, 2.05) is 0 Å². The first-order valence-corrected chi connectivity index (χ1v) is 6.29. The summed E-state index contributed by atoms with van der Waals surface area (Å²) in [7, 11) is 0. The fourth-order valence-electron chi connectivity index (χ4n) is 2.52. The zero-order valence-corrected chi connectivity index (χ0v) is 10.1. The lowest BCUT2D eigenvalue weighted by atomic mass is 10.0. The molecule has 1 fully saturated rings. The topological polar surface area (TPSA) is 29.3 Å². The molecule has 16 heavy (non-hydrogen) atoms. The van der Waals surface area contributed by atoms with Crippen LogP contribution in [-0.2, 0) is 6.42 Å². The molecule has 2 N–H and O–H groups in total. The van der Waals surface area contributed by atoms with Crippen LogP contribution in [0.2, 0.25) is 0 Å². The molecule has 0 saturated carbocycles. The molecule has 2 rings (SSSR count). The van der Waals surface area contributed by atoms with Crippen LogP contribution in [0.15, 0.2) is 30.3 Å². The van der Waals surface area contributed by atoms with Gasteiger partial charge in [0.1, 0.15) is 0 Å². The number of nitrogens with two attached hydrogens (primary N) is 1. The Morgan fingerprint density at radius 1 is 1.38 bits per heavy atom. The molecule has 1 saturated heterocycles. The number of hydrogen-bond donors (Lipinski definition) is 1. The fraction of sp³-hybridized carbons (Fsp3) is 0.571. The van der Waals surface area contributed by atoms with Crippen LogP contribution in [0.4, 0.5) is 0 Å². The van der Waals surface area contributed by atoms with E-state index < -0.39 is 0 Å². The van der Waals surface area contributed by atoms with E-state index in [0.29, 0.717) is 12.1 Å². The minimum atomic E-state index is 0.381. The summed E-state index contributed by atoms with van der Waals surface area (Å²) in [5.41, 5.74) is 7.44. The van der Waals surface area contributed by atoms with Crippen LogP contribution in [0.5, 0.6) is 0 Å². The van der Waals surface area contributed by atoms with Crippen molar-refractivity contribution >= 4 is 0 Å². The number of rotatable bonds is 3. The van der Waals surface area contributed by atoms with Gasteiger partial charge in [-0.1, -0.05) is 30.3 Å². The molecule has 88 valence electrons. The van der Waals surface area contributed by atoms with Crippen LogP contribution >= 0.6 is 0 Å². The molecule has 0 radical (unpaired) electrons. The molecular formula is C14H22N2. The van der Waals surface area contributed by atoms with E-state index in [1.165, 1.54) is 24.9 Å². The maximum Gasteiger partial charge on any atom is 0.0168 e. The van der Waals surface area contributed by atoms with Gasteiger partial charge in [-0.3, -0.25) is 4.90 Å². The van der Waals surface area contributed by atoms with Gasteiger partial charge in [0, 0.05) is 18.6 Å². The predicted octanol–water partition coefficient (Wildman–Crippen LogP) is 2.04. The van der Waals surface area contributed by atoms with Gasteiger partial charge in [-0.25, -0.2) is 0 Å². The lowest BCUT2D eigenvalue weighted by molar-refractivity contribution is 0.158. The molecule has 2 atom stereocenters. The Labute approximate surface area is 98.4 Å². The third-order valence-electron chi connectivity index (χ3n) is 3.49. The third-order valence-corrected chi connectivity index (χ3v) is 3.49. The molecule has 0 bridgehead atoms. The van der Waals surface area contributed by atoms with Crippen LogP contribution in [0.25, 0.3) is 0 Å². The lowest BCUT2D eigenvalue weighted by Crippen LogP contribution is -2.47. The molecular weight excluding hydrogens is 196 g/mol. The van der Waals surface area contributed by atoms with E-state index in [0.717, 1.165) is 13.0 Å². The second-order valence-electron chi connectivity index (χ2n) is 4.94. The first kappa shape index (κ1) is 11.6. The van der Waals surface area contributed by atoms with Crippen molar-refractivity contribution < 1.29 is 0 Å². The number of piperidine rings is 1. The minimum absolute atomic E-state index is 0.381. The monoisotopic (exact) mass is 218 g/mol. The fourth-order valence-corrected chi connectivity index (χ4v) is 2.52. The van der Waals surface area contributed by atoms with E-state index in [4.69, 9.17) is 5.73 Å². The van der Waals surface area contributed by atoms with Gasteiger partial charge in [0.15, 0.2) is 0 Å². The van der Waals surface area contributed by atoms with Crippen LogP contribution in [0.3, 0.4) is 0 Å². The van der Waals surface area contributed by atoms with Crippen molar-refractivity contribution in [2.75, 3.05) is 13.1 Å². The SMILES string of the molecule is C[C@H](Cc1ccccc1)N1CCC[C@H](N)C1. The van der Waals surface area contributed by atoms with Crippen molar-refractivity contribution in [3.8, 4) is 0 Å². The van der Waals surface area contributed by atoms with Gasteiger partial charge in [0.05, 0.1) is 0 Å². The summed E-state index contributed by atoms with van der Waals surface area (Å²) < 4.78 is 0. The van der Waals surface area contributed by atoms with Crippen molar-refractivity contribution in [2.45, 2.75) is 38.3 Å². The van der Waals surface area contributed by atoms with Gasteiger partial charge in [-0.2, -0.15) is 0 Å². The average Bonchev–Trinajstić information content (AvgIpc) is 2.30. The van der Waals surface area contributed by atoms with Crippen molar-refractivity contribution in [3.63, 3.8) is 0 Å². The lowest BCUT2D eigenvalue weighted by Gasteiger charge is -2.35. The molecule has 2 nitrogen and oxygen atoms in total. The zero-order valence-electron chi connectivity index (χ0n) is 10.1. The highest BCUT2D eigenvalue weighted by molar-refractivity contribution is 5.15. The molecule has 1 heterocycles. The Balaban J connectivity index is 1.90. The summed E-state index contributed by atoms with van der Waals surface area (Å²) in [5, 5.41) is 0. The molecule has 1 aliphatic heterocycles. The van der Waals surface area contributed by atoms with Gasteiger partial charge in [-0.15, -0.1) is 0 Å². The quantitative estimate of drug-likeness (QED) is 0.841. The highest BCUT2D eigenvalue weighted by Gasteiger charge is 2.20. The van der Waals surface area contributed by atoms with Gasteiger partial charge in [0.2, 0.25) is 0 Å². The van der Waals surface area contributed by atoms with E-state index in [9.17, 15) is 0 Å². The van der Waals surface area contributed by atoms with E-state index >= 15 is 0 Å². The highest BCUT2D eigenvalue weighted by atomic mass is 15.2. The van der Waals surface area contributed by atoms with Crippen LogP contribution < -0.4 is 5.73 Å². The zero-order chi connectivity index (χ0) is 11.4. The summed E-state index contributed by atoms with van der Waals surface area (Å²) in [6.45, 7) is 4.58. The normalized spacial score (nSPS) is 24.2. The number of nitrogens with zero attached hydrogens (tertiary/aromatic N) is 1. The number of hydrogen-bond acceptors (Lipinski definition) is 2. The Morgan fingerprint density at radius 3 is 2.81 bits per heavy atom. The second kappa shape index (κ2) is 5.46. The summed E-state index contributed by atoms with van der Waals surface area (Å²) >= 11 is 0. The smallest absolute Gasteiger partial charge is 0.0168 e. The first-order valence-electron chi connectivity index (χ1n) is 6.29. The van der Waals surface area contributed by atoms with Crippen LogP contribution in [0, 0.1) is 0 Å². The van der Waals surface area contributed by atoms with Gasteiger partial charge in [0.25, 0.3) is 0 Å². The number of benzene rings is 1. The van der Waals surface area contributed by atoms with E-state index in [1.54, 1.807) is 0 Å². The molecule has 1 aromatic rings. The molecule has 0 unspecified atom stereocenters. The molecule has 2 heteroatoms. The summed E-state index contributed by atoms with van der Waals surface area (Å²) in [6.07, 6.45) is 3.57. The number of likely N-dealkylation sites (tertiary alicyclic amines) is 1. The largest absolute Gasteiger partial charge is 0.327 e. The summed E-state index contributed by atoms with van der Waals surface area (Å²) in [4.78, 5) is 2.53. The molecule has 0 aliphatic carbocycles. The second-order valence-corrected chi connectivity index (χ2v) is 4.94. The predicted molar refractivity (Wildman–Crippen MR) is 68.4 cm³/mol. The Kier molecular flexibility index (Phi) is 3.97. The Bertz CT molecular complexity index is 310. The average molecular weight is 218 g/mol. The molecule has 1 aliphatic rings. The van der Waals surface area contributed by atoms with Crippen LogP contribution in [-0.4, -0.2) is 30.1 Å². The molecule has 0 aromatic heterocycles. The third kappa shape index (κ3) is 3.06. The van der Waals surface area contributed by atoms with Crippen LogP contribution in [0.1, 0.15) is 25.3 Å². The van der Waals surface area contributed by atoms with Gasteiger partial charge < -0.3 is 5.73 Å². The first-order chi connectivity index (χ1) is 7.75. The molecule has 0 amide bonds. The van der Waals surface area contributed by atoms with Crippen molar-refractivity contribution in [2.24, 2.45) is 5.73 Å². The maximum absolute atomic E-state index is 6.01. The molecule has 1 aromatic carbocycles. The van der Waals surface area contributed by atoms with E-state index in [2.05, 4.69) is 42.2 Å². The summed E-state index contributed by atoms with van der Waals surface area (Å²) in [6, 6.07) is 11.7. The summed E-state index contributed by atoms with van der Waals surface area (Å²) in [5.74, 6) is 0. The Hall–Kier alpha value is -0.860. The Morgan fingerprint density at radius 2 is 2.12 bits per heavy atom. The van der Waals surface area contributed by atoms with Crippen molar-refractivity contribution in [1.29, 1.82) is 0 Å². The van der Waals surface area contributed by atoms with Gasteiger partial charge in [-0.05, 0) is 38.3 Å². The standard InChI is InChI=1S/C14H22N2/c1-12(10-13-6-3-2-4-7-13)16-9-5-8-14(15)11-16/h2-4,6-7,12,14H,5,8-11,15H2,1H3/t12-,14+/m1/s1. The highest BCUT2D eigenvalue weighted by Crippen LogP contribution is 2.14. The van der Waals surface area contributed by atoms with Crippen molar-refractivity contribution in [3.05, 3.63) is 35.9 Å². The minimum Gasteiger partial charge on any atom is -0.327 e. The van der Waals surface area contributed by atoms with Crippen molar-refractivity contribution in [1.82, 2.24) is 4.90 Å². The molecule has 0 spiro atoms. The van der Waals surface area contributed by atoms with E-state index in [-0.39, 0.29) is 0 Å². The van der Waals surface area contributed by atoms with Gasteiger partial charge >= 0.3 is 0 Å².